The van der Waals surface area contributed by atoms with Crippen LogP contribution in [-0.2, 0) is 21.5 Å². The summed E-state index contributed by atoms with van der Waals surface area (Å²) in [6, 6.07) is 9.73. The van der Waals surface area contributed by atoms with Gasteiger partial charge in [-0.1, -0.05) is 18.2 Å². The number of aromatic hydroxyl groups is 1. The number of ketones is 1. The van der Waals surface area contributed by atoms with Crippen molar-refractivity contribution in [2.24, 2.45) is 0 Å². The number of hydrogen-bond donors (Lipinski definition) is 2. The maximum absolute atomic E-state index is 12.1. The van der Waals surface area contributed by atoms with E-state index in [9.17, 15) is 23.1 Å². The minimum absolute atomic E-state index is 0. The number of Topliss-reactive ketones (excluding diaryl/α,β-unsaturated/α-hetero) is 1. The summed E-state index contributed by atoms with van der Waals surface area (Å²) in [7, 11) is -4.47. The Labute approximate surface area is 159 Å². The van der Waals surface area contributed by atoms with Crippen LogP contribution in [0.25, 0.3) is 0 Å². The molecule has 0 fully saturated rings. The van der Waals surface area contributed by atoms with Crippen molar-refractivity contribution in [3.05, 3.63) is 53.6 Å². The number of hydrogen-bond acceptors (Lipinski definition) is 5. The van der Waals surface area contributed by atoms with Crippen molar-refractivity contribution in [1.82, 2.24) is 0 Å². The van der Waals surface area contributed by atoms with Crippen molar-refractivity contribution in [1.29, 1.82) is 0 Å². The van der Waals surface area contributed by atoms with Crippen LogP contribution in [0, 0.1) is 0 Å². The van der Waals surface area contributed by atoms with E-state index in [1.54, 1.807) is 18.2 Å². The number of benzene rings is 2. The molecule has 0 atom stereocenters. The first-order valence-electron chi connectivity index (χ1n) is 6.53. The van der Waals surface area contributed by atoms with Crippen molar-refractivity contribution in [2.45, 2.75) is 11.4 Å². The fourth-order valence-electron chi connectivity index (χ4n) is 2.41. The molecule has 1 aliphatic rings. The summed E-state index contributed by atoms with van der Waals surface area (Å²) in [5.41, 5.74) is 0.580. The van der Waals surface area contributed by atoms with Gasteiger partial charge >= 0.3 is 29.6 Å². The van der Waals surface area contributed by atoms with Gasteiger partial charge in [-0.3, -0.25) is 14.1 Å². The predicted molar refractivity (Wildman–Crippen MR) is 87.0 cm³/mol. The Balaban J connectivity index is 0.00000208. The van der Waals surface area contributed by atoms with Gasteiger partial charge in [0.25, 0.3) is 21.8 Å². The molecule has 1 heterocycles. The fourth-order valence-corrected chi connectivity index (χ4v) is 2.92. The number of rotatable bonds is 3. The molecule has 0 unspecified atom stereocenters. The number of phenolic OH excluding ortho intramolecular Hbond substituents is 1. The van der Waals surface area contributed by atoms with Crippen molar-refractivity contribution in [3.63, 3.8) is 0 Å². The van der Waals surface area contributed by atoms with Crippen LogP contribution >= 0.6 is 0 Å². The van der Waals surface area contributed by atoms with E-state index in [0.29, 0.717) is 5.56 Å². The Morgan fingerprint density at radius 2 is 1.71 bits per heavy atom. The van der Waals surface area contributed by atoms with Gasteiger partial charge in [0.15, 0.2) is 0 Å². The first-order chi connectivity index (χ1) is 10.8. The number of anilines is 1. The van der Waals surface area contributed by atoms with Crippen LogP contribution < -0.4 is 4.90 Å². The molecule has 3 rings (SSSR count). The number of phenols is 1. The Morgan fingerprint density at radius 3 is 2.33 bits per heavy atom. The van der Waals surface area contributed by atoms with Gasteiger partial charge in [0.05, 0.1) is 22.7 Å². The van der Waals surface area contributed by atoms with Crippen molar-refractivity contribution in [3.8, 4) is 5.75 Å². The van der Waals surface area contributed by atoms with Gasteiger partial charge in [-0.25, -0.2) is 0 Å². The second-order valence-corrected chi connectivity index (χ2v) is 6.42. The number of amides is 1. The van der Waals surface area contributed by atoms with Gasteiger partial charge in [-0.05, 0) is 24.3 Å². The van der Waals surface area contributed by atoms with Crippen LogP contribution in [-0.4, -0.2) is 59.3 Å². The first-order valence-corrected chi connectivity index (χ1v) is 7.97. The fraction of sp³-hybridized carbons (Fsp3) is 0.0667. The van der Waals surface area contributed by atoms with Crippen LogP contribution in [0.15, 0.2) is 47.4 Å². The Morgan fingerprint density at radius 1 is 1.04 bits per heavy atom. The van der Waals surface area contributed by atoms with Gasteiger partial charge in [0.2, 0.25) is 0 Å². The third kappa shape index (κ3) is 3.24. The number of fused-ring (bicyclic) bond motifs is 1. The van der Waals surface area contributed by atoms with E-state index in [2.05, 4.69) is 0 Å². The zero-order chi connectivity index (χ0) is 16.8. The molecule has 0 saturated carbocycles. The first kappa shape index (κ1) is 18.6. The molecule has 1 aliphatic heterocycles. The summed E-state index contributed by atoms with van der Waals surface area (Å²) in [5, 5.41) is 9.79. The van der Waals surface area contributed by atoms with E-state index in [1.807, 2.05) is 0 Å². The predicted octanol–water partition coefficient (Wildman–Crippen LogP) is 0.720. The summed E-state index contributed by atoms with van der Waals surface area (Å²) in [6.07, 6.45) is 0. The van der Waals surface area contributed by atoms with Gasteiger partial charge in [-0.15, -0.1) is 0 Å². The van der Waals surface area contributed by atoms with E-state index < -0.39 is 26.7 Å². The molecule has 9 heteroatoms. The standard InChI is InChI=1S/C15H11NO6S.Na.H/c17-13-4-2-1-3-9(13)8-16-12-6-5-10(23(20,21)22)7-11(12)14(18)15(16)19;;/h1-7,17H,8H2,(H,20,21,22);;. The average Bonchev–Trinajstić information content (AvgIpc) is 2.73. The summed E-state index contributed by atoms with van der Waals surface area (Å²) in [4.78, 5) is 24.8. The van der Waals surface area contributed by atoms with Crippen molar-refractivity contribution >= 4 is 57.1 Å². The zero-order valence-electron chi connectivity index (χ0n) is 11.6. The SMILES string of the molecule is O=C1C(=O)N(Cc2ccccc2O)c2ccc(S(=O)(=O)O)cc21.[NaH]. The van der Waals surface area contributed by atoms with Gasteiger partial charge < -0.3 is 10.0 Å². The monoisotopic (exact) mass is 357 g/mol. The molecule has 2 N–H and O–H groups in total. The van der Waals surface area contributed by atoms with E-state index in [4.69, 9.17) is 4.55 Å². The molecule has 2 aromatic rings. The van der Waals surface area contributed by atoms with Gasteiger partial charge in [0, 0.05) is 5.56 Å². The van der Waals surface area contributed by atoms with Crippen LogP contribution in [0.5, 0.6) is 5.75 Å². The average molecular weight is 357 g/mol. The van der Waals surface area contributed by atoms with Crippen LogP contribution in [0.1, 0.15) is 15.9 Å². The second kappa shape index (κ2) is 6.66. The Hall–Kier alpha value is -1.71. The van der Waals surface area contributed by atoms with E-state index in [0.717, 1.165) is 17.0 Å². The molecule has 1 amide bonds. The molecule has 2 aromatic carbocycles. The Kier molecular flexibility index (Phi) is 5.17. The summed E-state index contributed by atoms with van der Waals surface area (Å²) >= 11 is 0. The normalized spacial score (nSPS) is 13.6. The molecule has 0 bridgehead atoms. The van der Waals surface area contributed by atoms with E-state index >= 15 is 0 Å². The molecule has 0 saturated heterocycles. The van der Waals surface area contributed by atoms with Gasteiger partial charge in [-0.2, -0.15) is 8.42 Å². The molecule has 0 aliphatic carbocycles. The molecular weight excluding hydrogens is 345 g/mol. The summed E-state index contributed by atoms with van der Waals surface area (Å²) in [5.74, 6) is -1.70. The summed E-state index contributed by atoms with van der Waals surface area (Å²) in [6.45, 7) is -0.0323. The molecule has 7 nitrogen and oxygen atoms in total. The van der Waals surface area contributed by atoms with Crippen LogP contribution in [0.3, 0.4) is 0 Å². The number of carbonyl (C=O) groups is 2. The number of nitrogens with zero attached hydrogens (tertiary/aromatic N) is 1. The topological polar surface area (TPSA) is 112 Å². The number of carbonyl (C=O) groups excluding carboxylic acids is 2. The van der Waals surface area contributed by atoms with Crippen LogP contribution in [0.2, 0.25) is 0 Å². The third-order valence-corrected chi connectivity index (χ3v) is 4.41. The molecular formula is C15H12NNaO6S. The molecule has 120 valence electrons. The molecule has 0 aromatic heterocycles. The third-order valence-electron chi connectivity index (χ3n) is 3.56. The summed E-state index contributed by atoms with van der Waals surface area (Å²) < 4.78 is 31.3. The molecule has 0 spiro atoms. The quantitative estimate of drug-likeness (QED) is 0.476. The Bertz CT molecular complexity index is 941. The van der Waals surface area contributed by atoms with E-state index in [1.165, 1.54) is 12.1 Å². The van der Waals surface area contributed by atoms with Crippen molar-refractivity contribution < 1.29 is 27.7 Å². The minimum atomic E-state index is -4.47. The molecule has 24 heavy (non-hydrogen) atoms. The zero-order valence-corrected chi connectivity index (χ0v) is 12.4. The van der Waals surface area contributed by atoms with Crippen LogP contribution in [0.4, 0.5) is 5.69 Å². The second-order valence-electron chi connectivity index (χ2n) is 5.00. The maximum atomic E-state index is 12.1. The van der Waals surface area contributed by atoms with E-state index in [-0.39, 0.29) is 53.1 Å². The molecule has 0 radical (unpaired) electrons. The number of para-hydroxylation sites is 1. The van der Waals surface area contributed by atoms with Gasteiger partial charge in [0.1, 0.15) is 5.75 Å². The van der Waals surface area contributed by atoms with Crippen molar-refractivity contribution in [2.75, 3.05) is 4.90 Å².